The monoisotopic (exact) mass is 1270 g/mol. The lowest BCUT2D eigenvalue weighted by atomic mass is 9.70. The standard InChI is InChI=1S/C96H92N2/c1-7-9-11-13-15-25-55-96(56-26-16-14-12-10-8-2)91-58-66(4)35-49-85(91)86-50-41-70(63-92(86)96)69-42-54-94-88(62-69)87-57-65(3)36-53-93(87)98(94)76-45-39-68(40-46-76)67-37-43-75(44-38-67)97(78-48-52-84-83-33-23-24-34-89(83)95(5,6)90(84)64-78)77-47-51-82-74(61-77)60-73-29-19-21-31-80(73)79-30-20-17-27-71(79)59-72-28-18-22-32-81(72)82/h17-24,27-54,57-58,61-64H,7-16,25-26,55-56,59-60H2,1-6H3. The van der Waals surface area contributed by atoms with Crippen molar-refractivity contribution < 1.29 is 0 Å². The Hall–Kier alpha value is -9.76. The quantitative estimate of drug-likeness (QED) is 0.0691. The highest BCUT2D eigenvalue weighted by Gasteiger charge is 2.43. The van der Waals surface area contributed by atoms with Gasteiger partial charge in [0, 0.05) is 44.4 Å². The zero-order chi connectivity index (χ0) is 66.5. The van der Waals surface area contributed by atoms with Gasteiger partial charge in [-0.1, -0.05) is 292 Å². The predicted octanol–water partition coefficient (Wildman–Crippen LogP) is 27.1. The van der Waals surface area contributed by atoms with E-state index in [1.54, 1.807) is 11.1 Å². The summed E-state index contributed by atoms with van der Waals surface area (Å²) in [5, 5.41) is 2.59. The first-order valence-electron chi connectivity index (χ1n) is 37.0. The summed E-state index contributed by atoms with van der Waals surface area (Å²) in [5.41, 5.74) is 36.6. The molecule has 0 atom stereocenters. The van der Waals surface area contributed by atoms with Crippen LogP contribution in [-0.4, -0.2) is 4.57 Å². The van der Waals surface area contributed by atoms with Gasteiger partial charge in [-0.05, 0) is 230 Å². The van der Waals surface area contributed by atoms with Crippen LogP contribution in [0.2, 0.25) is 0 Å². The number of hydrogen-bond acceptors (Lipinski definition) is 1. The lowest BCUT2D eigenvalue weighted by Crippen LogP contribution is -2.25. The molecule has 0 amide bonds. The van der Waals surface area contributed by atoms with Crippen LogP contribution in [0, 0.1) is 13.8 Å². The fourth-order valence-corrected chi connectivity index (χ4v) is 17.7. The molecule has 0 saturated carbocycles. The van der Waals surface area contributed by atoms with Crippen LogP contribution >= 0.6 is 0 Å². The molecule has 486 valence electrons. The van der Waals surface area contributed by atoms with Crippen LogP contribution in [0.5, 0.6) is 0 Å². The van der Waals surface area contributed by atoms with Crippen LogP contribution in [-0.2, 0) is 23.7 Å². The topological polar surface area (TPSA) is 8.17 Å². The van der Waals surface area contributed by atoms with Crippen LogP contribution in [0.25, 0.3) is 94.3 Å². The van der Waals surface area contributed by atoms with Gasteiger partial charge in [0.15, 0.2) is 0 Å². The zero-order valence-corrected chi connectivity index (χ0v) is 58.5. The van der Waals surface area contributed by atoms with Gasteiger partial charge in [-0.2, -0.15) is 0 Å². The number of hydrogen-bond donors (Lipinski definition) is 0. The molecule has 0 saturated heterocycles. The second kappa shape index (κ2) is 26.6. The Morgan fingerprint density at radius 2 is 0.735 bits per heavy atom. The summed E-state index contributed by atoms with van der Waals surface area (Å²) in [6.45, 7) is 14.0. The van der Waals surface area contributed by atoms with Gasteiger partial charge in [0.2, 0.25) is 0 Å². The first kappa shape index (κ1) is 63.0. The number of aromatic nitrogens is 1. The fourth-order valence-electron chi connectivity index (χ4n) is 17.7. The smallest absolute Gasteiger partial charge is 0.0541 e. The Kier molecular flexibility index (Phi) is 17.1. The number of benzene rings is 12. The summed E-state index contributed by atoms with van der Waals surface area (Å²) < 4.78 is 2.49. The summed E-state index contributed by atoms with van der Waals surface area (Å²) in [5.74, 6) is 0. The van der Waals surface area contributed by atoms with Crippen LogP contribution < -0.4 is 4.90 Å². The number of aryl methyl sites for hydroxylation is 2. The van der Waals surface area contributed by atoms with Crippen molar-refractivity contribution in [2.75, 3.05) is 4.90 Å². The maximum Gasteiger partial charge on any atom is 0.0541 e. The molecule has 0 unspecified atom stereocenters. The van der Waals surface area contributed by atoms with Crippen molar-refractivity contribution in [2.24, 2.45) is 0 Å². The van der Waals surface area contributed by atoms with Crippen LogP contribution in [0.15, 0.2) is 255 Å². The van der Waals surface area contributed by atoms with E-state index in [2.05, 4.69) is 306 Å². The molecule has 1 aromatic heterocycles. The molecule has 0 aliphatic heterocycles. The molecule has 1 heterocycles. The number of unbranched alkanes of at least 4 members (excludes halogenated alkanes) is 10. The van der Waals surface area contributed by atoms with Crippen molar-refractivity contribution in [3.05, 3.63) is 310 Å². The van der Waals surface area contributed by atoms with Crippen molar-refractivity contribution in [2.45, 2.75) is 155 Å². The van der Waals surface area contributed by atoms with E-state index >= 15 is 0 Å². The van der Waals surface area contributed by atoms with E-state index in [1.807, 2.05) is 0 Å². The number of fused-ring (bicyclic) bond motifs is 15. The summed E-state index contributed by atoms with van der Waals surface area (Å²) in [6.07, 6.45) is 20.0. The molecule has 12 aromatic carbocycles. The highest BCUT2D eigenvalue weighted by Crippen LogP contribution is 2.56. The molecule has 0 bridgehead atoms. The highest BCUT2D eigenvalue weighted by atomic mass is 15.1. The second-order valence-corrected chi connectivity index (χ2v) is 29.5. The number of rotatable bonds is 20. The van der Waals surface area contributed by atoms with Crippen LogP contribution in [0.3, 0.4) is 0 Å². The lowest BCUT2D eigenvalue weighted by molar-refractivity contribution is 0.398. The van der Waals surface area contributed by atoms with Gasteiger partial charge in [0.1, 0.15) is 0 Å². The van der Waals surface area contributed by atoms with E-state index in [-0.39, 0.29) is 10.8 Å². The maximum atomic E-state index is 2.63. The minimum absolute atomic E-state index is 0.0284. The largest absolute Gasteiger partial charge is 0.310 e. The molecular weight excluding hydrogens is 1180 g/mol. The SMILES string of the molecule is CCCCCCCCC1(CCCCCCCC)c2cc(C)ccc2-c2ccc(-c3ccc4c(c3)c3cc(C)ccc3n4-c3ccc(-c4ccc(N(c5ccc6c(c5)Cc5ccccc5-c5ccccc5Cc5ccccc5-6)c5ccc6c(c5)C(C)(C)c5ccccc5-6)cc4)cc3)cc21. The number of anilines is 3. The Labute approximate surface area is 582 Å². The molecule has 0 N–H and O–H groups in total. The predicted molar refractivity (Wildman–Crippen MR) is 419 cm³/mol. The van der Waals surface area contributed by atoms with E-state index in [9.17, 15) is 0 Å². The Morgan fingerprint density at radius 3 is 1.38 bits per heavy atom. The van der Waals surface area contributed by atoms with Gasteiger partial charge in [-0.3, -0.25) is 0 Å². The molecule has 3 aliphatic rings. The second-order valence-electron chi connectivity index (χ2n) is 29.5. The third kappa shape index (κ3) is 11.4. The summed E-state index contributed by atoms with van der Waals surface area (Å²) >= 11 is 0. The van der Waals surface area contributed by atoms with Gasteiger partial charge < -0.3 is 9.47 Å². The van der Waals surface area contributed by atoms with E-state index in [4.69, 9.17) is 0 Å². The van der Waals surface area contributed by atoms with Gasteiger partial charge in [-0.25, -0.2) is 0 Å². The van der Waals surface area contributed by atoms with Gasteiger partial charge in [0.05, 0.1) is 11.0 Å². The van der Waals surface area contributed by atoms with Crippen molar-refractivity contribution in [3.63, 3.8) is 0 Å². The Bertz CT molecular complexity index is 5110. The average Bonchev–Trinajstić information content (AvgIpc) is 1.56. The first-order chi connectivity index (χ1) is 48.1. The van der Waals surface area contributed by atoms with Crippen molar-refractivity contribution in [1.82, 2.24) is 4.57 Å². The van der Waals surface area contributed by atoms with Crippen molar-refractivity contribution >= 4 is 38.9 Å². The van der Waals surface area contributed by atoms with Crippen molar-refractivity contribution in [3.8, 4) is 72.4 Å². The molecule has 13 aromatic rings. The molecule has 0 fully saturated rings. The molecule has 2 heteroatoms. The molecule has 0 radical (unpaired) electrons. The Balaban J connectivity index is 0.744. The van der Waals surface area contributed by atoms with Gasteiger partial charge >= 0.3 is 0 Å². The van der Waals surface area contributed by atoms with E-state index in [0.717, 1.165) is 35.6 Å². The molecule has 2 nitrogen and oxygen atoms in total. The lowest BCUT2D eigenvalue weighted by Gasteiger charge is -2.33. The third-order valence-electron chi connectivity index (χ3n) is 22.8. The first-order valence-corrected chi connectivity index (χ1v) is 37.0. The molecule has 0 spiro atoms. The normalized spacial score (nSPS) is 13.7. The minimum Gasteiger partial charge on any atom is -0.310 e. The highest BCUT2D eigenvalue weighted by molar-refractivity contribution is 6.11. The average molecular weight is 1270 g/mol. The van der Waals surface area contributed by atoms with Gasteiger partial charge in [-0.15, -0.1) is 0 Å². The van der Waals surface area contributed by atoms with Crippen molar-refractivity contribution in [1.29, 1.82) is 0 Å². The third-order valence-corrected chi connectivity index (χ3v) is 22.8. The zero-order valence-electron chi connectivity index (χ0n) is 58.5. The van der Waals surface area contributed by atoms with Crippen LogP contribution in [0.1, 0.15) is 173 Å². The fraction of sp³-hybridized carbons (Fsp3) is 0.250. The van der Waals surface area contributed by atoms with E-state index < -0.39 is 0 Å². The van der Waals surface area contributed by atoms with Crippen LogP contribution in [0.4, 0.5) is 17.1 Å². The van der Waals surface area contributed by atoms with Gasteiger partial charge in [0.25, 0.3) is 0 Å². The molecule has 98 heavy (non-hydrogen) atoms. The molecule has 16 rings (SSSR count). The molecule has 3 aliphatic carbocycles. The Morgan fingerprint density at radius 1 is 0.316 bits per heavy atom. The maximum absolute atomic E-state index is 2.63. The minimum atomic E-state index is -0.152. The van der Waals surface area contributed by atoms with E-state index in [0.29, 0.717) is 0 Å². The number of nitrogens with zero attached hydrogens (tertiary/aromatic N) is 2. The van der Waals surface area contributed by atoms with E-state index in [1.165, 1.54) is 223 Å². The molecular formula is C96H92N2. The summed E-state index contributed by atoms with van der Waals surface area (Å²) in [7, 11) is 0. The summed E-state index contributed by atoms with van der Waals surface area (Å²) in [4.78, 5) is 2.50. The summed E-state index contributed by atoms with van der Waals surface area (Å²) in [6, 6.07) is 98.4.